The predicted molar refractivity (Wildman–Crippen MR) is 85.6 cm³/mol. The minimum absolute atomic E-state index is 0.350. The quantitative estimate of drug-likeness (QED) is 0.843. The van der Waals surface area contributed by atoms with Crippen LogP contribution in [0.4, 0.5) is 0 Å². The molecule has 21 heavy (non-hydrogen) atoms. The summed E-state index contributed by atoms with van der Waals surface area (Å²) in [5.41, 5.74) is 1.38. The van der Waals surface area contributed by atoms with E-state index in [1.54, 1.807) is 11.8 Å². The smallest absolute Gasteiger partial charge is 0.303 e. The van der Waals surface area contributed by atoms with Gasteiger partial charge < -0.3 is 5.11 Å². The van der Waals surface area contributed by atoms with Gasteiger partial charge in [-0.15, -0.1) is 11.8 Å². The number of rotatable bonds is 5. The topological polar surface area (TPSA) is 40.5 Å². The molecule has 0 aromatic heterocycles. The molecule has 2 unspecified atom stereocenters. The molecule has 4 heteroatoms. The highest BCUT2D eigenvalue weighted by atomic mass is 32.2. The van der Waals surface area contributed by atoms with Crippen molar-refractivity contribution in [3.63, 3.8) is 0 Å². The van der Waals surface area contributed by atoms with Gasteiger partial charge >= 0.3 is 5.97 Å². The van der Waals surface area contributed by atoms with Crippen molar-refractivity contribution in [2.24, 2.45) is 5.92 Å². The second kappa shape index (κ2) is 6.41. The molecule has 0 radical (unpaired) electrons. The monoisotopic (exact) mass is 305 g/mol. The van der Waals surface area contributed by atoms with E-state index in [2.05, 4.69) is 35.4 Å². The molecule has 2 atom stereocenters. The molecule has 1 N–H and O–H groups in total. The predicted octanol–water partition coefficient (Wildman–Crippen LogP) is 3.63. The molecular formula is C17H23NO2S. The van der Waals surface area contributed by atoms with Crippen LogP contribution in [-0.4, -0.2) is 34.3 Å². The van der Waals surface area contributed by atoms with E-state index >= 15 is 0 Å². The van der Waals surface area contributed by atoms with E-state index in [1.165, 1.54) is 23.3 Å². The lowest BCUT2D eigenvalue weighted by molar-refractivity contribution is -0.138. The minimum atomic E-state index is -0.638. The van der Waals surface area contributed by atoms with Gasteiger partial charge in [0.1, 0.15) is 0 Å². The van der Waals surface area contributed by atoms with Gasteiger partial charge in [-0.05, 0) is 55.6 Å². The molecule has 0 amide bonds. The highest BCUT2D eigenvalue weighted by Gasteiger charge is 2.40. The van der Waals surface area contributed by atoms with Crippen molar-refractivity contribution in [2.75, 3.05) is 6.26 Å². The lowest BCUT2D eigenvalue weighted by Gasteiger charge is -2.38. The molecule has 2 saturated heterocycles. The summed E-state index contributed by atoms with van der Waals surface area (Å²) in [6.07, 6.45) is 7.05. The first-order valence-corrected chi connectivity index (χ1v) is 8.98. The van der Waals surface area contributed by atoms with Crippen molar-refractivity contribution < 1.29 is 9.90 Å². The Hall–Kier alpha value is -1.00. The molecule has 2 aliphatic heterocycles. The van der Waals surface area contributed by atoms with E-state index in [-0.39, 0.29) is 0 Å². The number of carboxylic acid groups (broad SMARTS) is 1. The molecule has 1 aromatic carbocycles. The highest BCUT2D eigenvalue weighted by molar-refractivity contribution is 7.98. The van der Waals surface area contributed by atoms with Crippen LogP contribution in [0.2, 0.25) is 0 Å². The van der Waals surface area contributed by atoms with E-state index in [1.807, 2.05) is 0 Å². The summed E-state index contributed by atoms with van der Waals surface area (Å²) in [5, 5.41) is 8.99. The minimum Gasteiger partial charge on any atom is -0.481 e. The van der Waals surface area contributed by atoms with E-state index in [4.69, 9.17) is 5.11 Å². The Morgan fingerprint density at radius 1 is 1.24 bits per heavy atom. The number of aliphatic carboxylic acids is 1. The highest BCUT2D eigenvalue weighted by Crippen LogP contribution is 2.40. The Balaban J connectivity index is 1.63. The van der Waals surface area contributed by atoms with Crippen LogP contribution in [0, 0.1) is 5.92 Å². The third-order valence-electron chi connectivity index (χ3n) is 4.97. The van der Waals surface area contributed by atoms with Crippen molar-refractivity contribution in [3.8, 4) is 0 Å². The summed E-state index contributed by atoms with van der Waals surface area (Å²) in [5.74, 6) is -0.254. The second-order valence-corrected chi connectivity index (χ2v) is 7.22. The normalized spacial score (nSPS) is 28.7. The van der Waals surface area contributed by atoms with Crippen molar-refractivity contribution in [1.82, 2.24) is 4.90 Å². The van der Waals surface area contributed by atoms with Gasteiger partial charge in [0.15, 0.2) is 0 Å². The zero-order valence-electron chi connectivity index (χ0n) is 12.5. The summed E-state index contributed by atoms with van der Waals surface area (Å²) >= 11 is 1.77. The Morgan fingerprint density at radius 2 is 1.86 bits per heavy atom. The standard InChI is InChI=1S/C17H23NO2S/c1-21-16-6-2-12(3-7-16)11-18-14-4-5-15(18)9-13(8-14)10-17(19)20/h2-3,6-7,13-15H,4-5,8-11H2,1H3,(H,19,20). The fourth-order valence-electron chi connectivity index (χ4n) is 4.00. The first-order valence-electron chi connectivity index (χ1n) is 7.76. The summed E-state index contributed by atoms with van der Waals surface area (Å²) in [4.78, 5) is 14.8. The van der Waals surface area contributed by atoms with Gasteiger partial charge in [0, 0.05) is 29.9 Å². The fraction of sp³-hybridized carbons (Fsp3) is 0.588. The first kappa shape index (κ1) is 14.9. The number of carboxylic acids is 1. The number of fused-ring (bicyclic) bond motifs is 2. The zero-order valence-corrected chi connectivity index (χ0v) is 13.3. The average Bonchev–Trinajstić information content (AvgIpc) is 2.70. The molecular weight excluding hydrogens is 282 g/mol. The van der Waals surface area contributed by atoms with Crippen molar-refractivity contribution >= 4 is 17.7 Å². The van der Waals surface area contributed by atoms with Gasteiger partial charge in [-0.2, -0.15) is 0 Å². The SMILES string of the molecule is CSc1ccc(CN2C3CCC2CC(CC(=O)O)C3)cc1. The van der Waals surface area contributed by atoms with Gasteiger partial charge in [-0.1, -0.05) is 12.1 Å². The molecule has 2 bridgehead atoms. The van der Waals surface area contributed by atoms with Crippen LogP contribution in [0.5, 0.6) is 0 Å². The van der Waals surface area contributed by atoms with E-state index < -0.39 is 5.97 Å². The summed E-state index contributed by atoms with van der Waals surface area (Å²) < 4.78 is 0. The lowest BCUT2D eigenvalue weighted by Crippen LogP contribution is -2.42. The third-order valence-corrected chi connectivity index (χ3v) is 5.71. The first-order chi connectivity index (χ1) is 10.2. The molecule has 2 aliphatic rings. The zero-order chi connectivity index (χ0) is 14.8. The molecule has 114 valence electrons. The number of piperidine rings is 1. The summed E-state index contributed by atoms with van der Waals surface area (Å²) in [6, 6.07) is 10.0. The molecule has 3 nitrogen and oxygen atoms in total. The number of nitrogens with zero attached hydrogens (tertiary/aromatic N) is 1. The van der Waals surface area contributed by atoms with Gasteiger partial charge in [0.05, 0.1) is 0 Å². The van der Waals surface area contributed by atoms with E-state index in [9.17, 15) is 4.79 Å². The number of thioether (sulfide) groups is 1. The van der Waals surface area contributed by atoms with Gasteiger partial charge in [-0.3, -0.25) is 9.69 Å². The molecule has 0 spiro atoms. The van der Waals surface area contributed by atoms with Crippen LogP contribution in [0.3, 0.4) is 0 Å². The summed E-state index contributed by atoms with van der Waals surface area (Å²) in [7, 11) is 0. The maximum atomic E-state index is 10.9. The average molecular weight is 305 g/mol. The van der Waals surface area contributed by atoms with Crippen LogP contribution in [0.15, 0.2) is 29.2 Å². The van der Waals surface area contributed by atoms with Crippen molar-refractivity contribution in [3.05, 3.63) is 29.8 Å². The number of hydrogen-bond donors (Lipinski definition) is 1. The maximum absolute atomic E-state index is 10.9. The Morgan fingerprint density at radius 3 is 2.38 bits per heavy atom. The number of hydrogen-bond acceptors (Lipinski definition) is 3. The van der Waals surface area contributed by atoms with E-state index in [0.717, 1.165) is 19.4 Å². The fourth-order valence-corrected chi connectivity index (χ4v) is 4.41. The van der Waals surface area contributed by atoms with Crippen LogP contribution < -0.4 is 0 Å². The van der Waals surface area contributed by atoms with Crippen LogP contribution in [0.25, 0.3) is 0 Å². The van der Waals surface area contributed by atoms with Crippen molar-refractivity contribution in [2.45, 2.75) is 55.6 Å². The van der Waals surface area contributed by atoms with Crippen molar-refractivity contribution in [1.29, 1.82) is 0 Å². The van der Waals surface area contributed by atoms with E-state index in [0.29, 0.717) is 24.4 Å². The molecule has 0 aliphatic carbocycles. The molecule has 0 saturated carbocycles. The summed E-state index contributed by atoms with van der Waals surface area (Å²) in [6.45, 7) is 1.02. The number of benzene rings is 1. The third kappa shape index (κ3) is 3.43. The Kier molecular flexibility index (Phi) is 4.55. The second-order valence-electron chi connectivity index (χ2n) is 6.34. The molecule has 1 aromatic rings. The Labute approximate surface area is 130 Å². The van der Waals surface area contributed by atoms with Gasteiger partial charge in [-0.25, -0.2) is 0 Å². The molecule has 2 fully saturated rings. The molecule has 3 rings (SSSR count). The maximum Gasteiger partial charge on any atom is 0.303 e. The van der Waals surface area contributed by atoms with Crippen LogP contribution in [-0.2, 0) is 11.3 Å². The number of carbonyl (C=O) groups is 1. The molecule has 2 heterocycles. The lowest BCUT2D eigenvalue weighted by atomic mass is 9.88. The largest absolute Gasteiger partial charge is 0.481 e. The van der Waals surface area contributed by atoms with Crippen LogP contribution >= 0.6 is 11.8 Å². The van der Waals surface area contributed by atoms with Crippen LogP contribution in [0.1, 0.15) is 37.7 Å². The van der Waals surface area contributed by atoms with Gasteiger partial charge in [0.2, 0.25) is 0 Å². The van der Waals surface area contributed by atoms with Gasteiger partial charge in [0.25, 0.3) is 0 Å². The Bertz CT molecular complexity index is 488.